The summed E-state index contributed by atoms with van der Waals surface area (Å²) in [7, 11) is 0. The minimum absolute atomic E-state index is 0.779. The lowest BCUT2D eigenvalue weighted by atomic mass is 9.75. The van der Waals surface area contributed by atoms with Crippen LogP contribution in [0.2, 0.25) is 5.02 Å². The van der Waals surface area contributed by atoms with E-state index in [0.29, 0.717) is 0 Å². The van der Waals surface area contributed by atoms with Crippen molar-refractivity contribution in [1.82, 2.24) is 0 Å². The SMILES string of the molecule is CCCCCC1CCC(CCCC2CCC(c3ccc(Cl)cc3)CC2)CC1. The van der Waals surface area contributed by atoms with E-state index < -0.39 is 0 Å². The average Bonchev–Trinajstić information content (AvgIpc) is 2.71. The normalized spacial score (nSPS) is 29.0. The minimum atomic E-state index is 0.779. The predicted molar refractivity (Wildman–Crippen MR) is 120 cm³/mol. The van der Waals surface area contributed by atoms with Crippen molar-refractivity contribution in [2.24, 2.45) is 17.8 Å². The van der Waals surface area contributed by atoms with Gasteiger partial charge in [-0.1, -0.05) is 101 Å². The standard InChI is InChI=1S/C26H41Cl/c1-2-3-4-6-21-9-11-22(12-10-21)7-5-8-23-13-15-24(16-14-23)25-17-19-26(27)20-18-25/h17-24H,2-16H2,1H3. The molecule has 2 saturated carbocycles. The Morgan fingerprint density at radius 1 is 0.667 bits per heavy atom. The number of unbranched alkanes of at least 4 members (excludes halogenated alkanes) is 2. The molecule has 0 spiro atoms. The van der Waals surface area contributed by atoms with E-state index in [1.165, 1.54) is 102 Å². The Hall–Kier alpha value is -0.490. The van der Waals surface area contributed by atoms with Crippen LogP contribution in [0.4, 0.5) is 0 Å². The summed E-state index contributed by atoms with van der Waals surface area (Å²) in [5, 5.41) is 0.863. The van der Waals surface area contributed by atoms with Crippen LogP contribution in [0.3, 0.4) is 0 Å². The van der Waals surface area contributed by atoms with Gasteiger partial charge < -0.3 is 0 Å². The Bertz CT molecular complexity index is 504. The maximum atomic E-state index is 6.03. The fourth-order valence-electron chi connectivity index (χ4n) is 5.71. The van der Waals surface area contributed by atoms with Gasteiger partial charge in [-0.15, -0.1) is 0 Å². The molecule has 152 valence electrons. The van der Waals surface area contributed by atoms with Crippen LogP contribution in [0.25, 0.3) is 0 Å². The van der Waals surface area contributed by atoms with Crippen molar-refractivity contribution in [3.63, 3.8) is 0 Å². The van der Waals surface area contributed by atoms with Crippen LogP contribution in [0.5, 0.6) is 0 Å². The molecular formula is C26H41Cl. The molecule has 1 aromatic rings. The van der Waals surface area contributed by atoms with Crippen molar-refractivity contribution in [2.45, 2.75) is 109 Å². The molecular weight excluding hydrogens is 348 g/mol. The van der Waals surface area contributed by atoms with Gasteiger partial charge >= 0.3 is 0 Å². The predicted octanol–water partition coefficient (Wildman–Crippen LogP) is 9.17. The third-order valence-corrected chi connectivity index (χ3v) is 7.85. The van der Waals surface area contributed by atoms with Gasteiger partial charge in [-0.2, -0.15) is 0 Å². The minimum Gasteiger partial charge on any atom is -0.0843 e. The molecule has 0 radical (unpaired) electrons. The summed E-state index contributed by atoms with van der Waals surface area (Å²) >= 11 is 6.03. The highest BCUT2D eigenvalue weighted by atomic mass is 35.5. The maximum absolute atomic E-state index is 6.03. The summed E-state index contributed by atoms with van der Waals surface area (Å²) < 4.78 is 0. The molecule has 1 heteroatoms. The van der Waals surface area contributed by atoms with Crippen LogP contribution in [0.15, 0.2) is 24.3 Å². The van der Waals surface area contributed by atoms with Gasteiger partial charge in [-0.3, -0.25) is 0 Å². The zero-order valence-corrected chi connectivity index (χ0v) is 18.4. The van der Waals surface area contributed by atoms with Gasteiger partial charge in [0.1, 0.15) is 0 Å². The van der Waals surface area contributed by atoms with E-state index in [9.17, 15) is 0 Å². The molecule has 0 nitrogen and oxygen atoms in total. The van der Waals surface area contributed by atoms with Gasteiger partial charge in [0.25, 0.3) is 0 Å². The Morgan fingerprint density at radius 3 is 1.67 bits per heavy atom. The molecule has 0 amide bonds. The van der Waals surface area contributed by atoms with Crippen molar-refractivity contribution in [2.75, 3.05) is 0 Å². The number of halogens is 1. The zero-order chi connectivity index (χ0) is 18.9. The van der Waals surface area contributed by atoms with Crippen LogP contribution >= 0.6 is 11.6 Å². The molecule has 0 bridgehead atoms. The van der Waals surface area contributed by atoms with Gasteiger partial charge in [0.05, 0.1) is 0 Å². The molecule has 2 fully saturated rings. The van der Waals surface area contributed by atoms with Crippen molar-refractivity contribution < 1.29 is 0 Å². The second-order valence-corrected chi connectivity index (χ2v) is 10.0. The highest BCUT2D eigenvalue weighted by Gasteiger charge is 2.24. The largest absolute Gasteiger partial charge is 0.0843 e. The van der Waals surface area contributed by atoms with Crippen molar-refractivity contribution in [3.05, 3.63) is 34.9 Å². The van der Waals surface area contributed by atoms with E-state index in [2.05, 4.69) is 31.2 Å². The highest BCUT2D eigenvalue weighted by molar-refractivity contribution is 6.30. The second kappa shape index (κ2) is 11.5. The molecule has 3 rings (SSSR count). The Kier molecular flexibility index (Phi) is 9.04. The molecule has 2 aliphatic rings. The van der Waals surface area contributed by atoms with Gasteiger partial charge in [-0.05, 0) is 67.1 Å². The highest BCUT2D eigenvalue weighted by Crippen LogP contribution is 2.39. The zero-order valence-electron chi connectivity index (χ0n) is 17.6. The van der Waals surface area contributed by atoms with Crippen LogP contribution < -0.4 is 0 Å². The van der Waals surface area contributed by atoms with E-state index in [1.807, 2.05) is 0 Å². The summed E-state index contributed by atoms with van der Waals surface area (Å²) in [4.78, 5) is 0. The van der Waals surface area contributed by atoms with Gasteiger partial charge in [0.2, 0.25) is 0 Å². The van der Waals surface area contributed by atoms with E-state index in [1.54, 1.807) is 0 Å². The molecule has 0 aliphatic heterocycles. The smallest absolute Gasteiger partial charge is 0.0406 e. The molecule has 0 N–H and O–H groups in total. The van der Waals surface area contributed by atoms with E-state index in [4.69, 9.17) is 11.6 Å². The maximum Gasteiger partial charge on any atom is 0.0406 e. The molecule has 0 atom stereocenters. The molecule has 0 saturated heterocycles. The second-order valence-electron chi connectivity index (χ2n) is 9.58. The molecule has 1 aromatic carbocycles. The van der Waals surface area contributed by atoms with Gasteiger partial charge in [0, 0.05) is 5.02 Å². The number of rotatable bonds is 9. The van der Waals surface area contributed by atoms with Crippen LogP contribution in [0.1, 0.15) is 115 Å². The van der Waals surface area contributed by atoms with E-state index in [0.717, 1.165) is 28.7 Å². The summed E-state index contributed by atoms with van der Waals surface area (Å²) in [6.45, 7) is 2.32. The number of hydrogen-bond donors (Lipinski definition) is 0. The van der Waals surface area contributed by atoms with Crippen molar-refractivity contribution >= 4 is 11.6 Å². The fourth-order valence-corrected chi connectivity index (χ4v) is 5.83. The molecule has 0 heterocycles. The monoisotopic (exact) mass is 388 g/mol. The average molecular weight is 389 g/mol. The van der Waals surface area contributed by atoms with Crippen molar-refractivity contribution in [1.29, 1.82) is 0 Å². The topological polar surface area (TPSA) is 0 Å². The summed E-state index contributed by atoms with van der Waals surface area (Å²) in [6.07, 6.45) is 22.1. The van der Waals surface area contributed by atoms with Crippen LogP contribution in [-0.4, -0.2) is 0 Å². The third-order valence-electron chi connectivity index (χ3n) is 7.60. The Labute approximate surface area is 173 Å². The Morgan fingerprint density at radius 2 is 1.15 bits per heavy atom. The van der Waals surface area contributed by atoms with E-state index in [-0.39, 0.29) is 0 Å². The number of hydrogen-bond acceptors (Lipinski definition) is 0. The lowest BCUT2D eigenvalue weighted by Crippen LogP contribution is -2.16. The van der Waals surface area contributed by atoms with Gasteiger partial charge in [0.15, 0.2) is 0 Å². The molecule has 27 heavy (non-hydrogen) atoms. The van der Waals surface area contributed by atoms with Crippen molar-refractivity contribution in [3.8, 4) is 0 Å². The molecule has 0 unspecified atom stereocenters. The van der Waals surface area contributed by atoms with E-state index >= 15 is 0 Å². The molecule has 0 aromatic heterocycles. The fraction of sp³-hybridized carbons (Fsp3) is 0.769. The first-order chi connectivity index (χ1) is 13.2. The Balaban J connectivity index is 1.26. The number of benzene rings is 1. The quantitative estimate of drug-likeness (QED) is 0.370. The summed E-state index contributed by atoms with van der Waals surface area (Å²) in [5.74, 6) is 3.90. The van der Waals surface area contributed by atoms with Crippen LogP contribution in [-0.2, 0) is 0 Å². The lowest BCUT2D eigenvalue weighted by Gasteiger charge is -2.31. The van der Waals surface area contributed by atoms with Crippen LogP contribution in [0, 0.1) is 17.8 Å². The molecule has 2 aliphatic carbocycles. The first kappa shape index (κ1) is 21.2. The summed E-state index contributed by atoms with van der Waals surface area (Å²) in [5.41, 5.74) is 1.51. The summed E-state index contributed by atoms with van der Waals surface area (Å²) in [6, 6.07) is 8.60. The first-order valence-corrected chi connectivity index (χ1v) is 12.4. The third kappa shape index (κ3) is 7.12. The van der Waals surface area contributed by atoms with Gasteiger partial charge in [-0.25, -0.2) is 0 Å². The first-order valence-electron chi connectivity index (χ1n) is 12.0. The lowest BCUT2D eigenvalue weighted by molar-refractivity contribution is 0.234.